The highest BCUT2D eigenvalue weighted by Gasteiger charge is 2.21. The number of benzene rings is 1. The van der Waals surface area contributed by atoms with Crippen LogP contribution in [0.25, 0.3) is 0 Å². The van der Waals surface area contributed by atoms with E-state index in [9.17, 15) is 0 Å². The molecule has 2 fully saturated rings. The molecule has 1 aromatic heterocycles. The number of morpholine rings is 1. The molecule has 4 rings (SSSR count). The number of anilines is 3. The predicted molar refractivity (Wildman–Crippen MR) is 130 cm³/mol. The Kier molecular flexibility index (Phi) is 7.65. The molecule has 0 spiro atoms. The first kappa shape index (κ1) is 23.7. The third kappa shape index (κ3) is 6.32. The van der Waals surface area contributed by atoms with Gasteiger partial charge < -0.3 is 24.2 Å². The van der Waals surface area contributed by atoms with Crippen LogP contribution in [0.2, 0.25) is 0 Å². The second-order valence-electron chi connectivity index (χ2n) is 9.97. The maximum atomic E-state index is 15.3. The average Bonchev–Trinajstić information content (AvgIpc) is 3.06. The molecule has 0 N–H and O–H groups in total. The molecule has 8 heteroatoms. The maximum Gasteiger partial charge on any atom is 0.225 e. The van der Waals surface area contributed by atoms with E-state index in [0.717, 1.165) is 57.3 Å². The van der Waals surface area contributed by atoms with Crippen molar-refractivity contribution < 1.29 is 13.9 Å². The monoisotopic (exact) mass is 457 g/mol. The summed E-state index contributed by atoms with van der Waals surface area (Å²) in [6, 6.07) is 5.62. The van der Waals surface area contributed by atoms with Crippen molar-refractivity contribution >= 4 is 17.3 Å². The highest BCUT2D eigenvalue weighted by atomic mass is 19.1. The van der Waals surface area contributed by atoms with Gasteiger partial charge in [-0.05, 0) is 17.9 Å². The molecular formula is C25H36FN5O2. The lowest BCUT2D eigenvalue weighted by molar-refractivity contribution is 0.0584. The van der Waals surface area contributed by atoms with Crippen molar-refractivity contribution in [3.63, 3.8) is 0 Å². The molecule has 0 radical (unpaired) electrons. The Morgan fingerprint density at radius 1 is 0.939 bits per heavy atom. The van der Waals surface area contributed by atoms with Crippen molar-refractivity contribution in [2.75, 3.05) is 73.8 Å². The Hall–Kier alpha value is -2.45. The molecule has 7 nitrogen and oxygen atoms in total. The van der Waals surface area contributed by atoms with Gasteiger partial charge in [0.1, 0.15) is 0 Å². The molecule has 180 valence electrons. The van der Waals surface area contributed by atoms with E-state index in [1.165, 1.54) is 0 Å². The number of hydrogen-bond acceptors (Lipinski definition) is 7. The van der Waals surface area contributed by atoms with Gasteiger partial charge in [-0.25, -0.2) is 14.4 Å². The summed E-state index contributed by atoms with van der Waals surface area (Å²) in [5.41, 5.74) is 2.35. The largest absolute Gasteiger partial charge is 0.378 e. The first-order chi connectivity index (χ1) is 15.9. The van der Waals surface area contributed by atoms with Crippen LogP contribution in [0.15, 0.2) is 30.6 Å². The normalized spacial score (nSPS) is 17.9. The summed E-state index contributed by atoms with van der Waals surface area (Å²) in [6.45, 7) is 13.6. The second-order valence-corrected chi connectivity index (χ2v) is 9.97. The minimum Gasteiger partial charge on any atom is -0.378 e. The fraction of sp³-hybridized carbons (Fsp3) is 0.600. The first-order valence-electron chi connectivity index (χ1n) is 11.9. The zero-order valence-electron chi connectivity index (χ0n) is 20.1. The van der Waals surface area contributed by atoms with Gasteiger partial charge in [-0.3, -0.25) is 0 Å². The van der Waals surface area contributed by atoms with Crippen molar-refractivity contribution in [2.24, 2.45) is 5.41 Å². The van der Waals surface area contributed by atoms with Crippen LogP contribution in [0.4, 0.5) is 21.7 Å². The standard InChI is InChI=1S/C25H36FN5O2/c1-25(2,3)19-33-18-20-6-4-7-22(23(20)26)30-9-5-8-29(10-11-30)21-16-27-24(28-17-21)31-12-14-32-15-13-31/h4,6-7,16-17H,5,8-15,18-19H2,1-3H3. The van der Waals surface area contributed by atoms with Gasteiger partial charge in [-0.15, -0.1) is 0 Å². The third-order valence-electron chi connectivity index (χ3n) is 5.97. The minimum atomic E-state index is -0.168. The Labute approximate surface area is 196 Å². The van der Waals surface area contributed by atoms with Crippen LogP contribution in [0.1, 0.15) is 32.8 Å². The maximum absolute atomic E-state index is 15.3. The Morgan fingerprint density at radius 3 is 2.36 bits per heavy atom. The smallest absolute Gasteiger partial charge is 0.225 e. The summed E-state index contributed by atoms with van der Waals surface area (Å²) >= 11 is 0. The lowest BCUT2D eigenvalue weighted by Gasteiger charge is -2.28. The van der Waals surface area contributed by atoms with E-state index >= 15 is 4.39 Å². The summed E-state index contributed by atoms with van der Waals surface area (Å²) in [6.07, 6.45) is 4.75. The van der Waals surface area contributed by atoms with Gasteiger partial charge in [0.2, 0.25) is 5.95 Å². The molecule has 2 aliphatic rings. The van der Waals surface area contributed by atoms with Crippen LogP contribution in [0.5, 0.6) is 0 Å². The van der Waals surface area contributed by atoms with Crippen LogP contribution < -0.4 is 14.7 Å². The van der Waals surface area contributed by atoms with E-state index in [1.807, 2.05) is 30.6 Å². The van der Waals surface area contributed by atoms with Crippen molar-refractivity contribution in [1.82, 2.24) is 9.97 Å². The zero-order valence-corrected chi connectivity index (χ0v) is 20.1. The lowest BCUT2D eigenvalue weighted by Crippen LogP contribution is -2.37. The molecule has 0 aliphatic carbocycles. The molecule has 3 heterocycles. The topological polar surface area (TPSA) is 54.0 Å². The van der Waals surface area contributed by atoms with Crippen molar-refractivity contribution in [3.05, 3.63) is 42.0 Å². The molecule has 2 aromatic rings. The summed E-state index contributed by atoms with van der Waals surface area (Å²) in [5, 5.41) is 0. The molecule has 0 atom stereocenters. The van der Waals surface area contributed by atoms with Gasteiger partial charge in [0.25, 0.3) is 0 Å². The van der Waals surface area contributed by atoms with Gasteiger partial charge in [-0.2, -0.15) is 0 Å². The van der Waals surface area contributed by atoms with Crippen molar-refractivity contribution in [1.29, 1.82) is 0 Å². The Bertz CT molecular complexity index is 897. The van der Waals surface area contributed by atoms with Gasteiger partial charge in [-0.1, -0.05) is 32.9 Å². The highest BCUT2D eigenvalue weighted by molar-refractivity contribution is 5.52. The van der Waals surface area contributed by atoms with E-state index in [2.05, 4.69) is 45.4 Å². The molecule has 33 heavy (non-hydrogen) atoms. The third-order valence-corrected chi connectivity index (χ3v) is 5.97. The first-order valence-corrected chi connectivity index (χ1v) is 11.9. The summed E-state index contributed by atoms with van der Waals surface area (Å²) in [4.78, 5) is 15.8. The second kappa shape index (κ2) is 10.7. The van der Waals surface area contributed by atoms with Crippen molar-refractivity contribution in [2.45, 2.75) is 33.8 Å². The molecule has 2 aliphatic heterocycles. The SMILES string of the molecule is CC(C)(C)COCc1cccc(N2CCCN(c3cnc(N4CCOCC4)nc3)CC2)c1F. The van der Waals surface area contributed by atoms with Crippen molar-refractivity contribution in [3.8, 4) is 0 Å². The molecule has 0 saturated carbocycles. The number of ether oxygens (including phenoxy) is 2. The predicted octanol–water partition coefficient (Wildman–Crippen LogP) is 3.73. The van der Waals surface area contributed by atoms with Gasteiger partial charge in [0, 0.05) is 44.8 Å². The highest BCUT2D eigenvalue weighted by Crippen LogP contribution is 2.26. The lowest BCUT2D eigenvalue weighted by atomic mass is 9.99. The van der Waals surface area contributed by atoms with E-state index in [1.54, 1.807) is 0 Å². The summed E-state index contributed by atoms with van der Waals surface area (Å²) in [5.74, 6) is 0.587. The molecule has 2 saturated heterocycles. The number of halogens is 1. The van der Waals surface area contributed by atoms with Crippen LogP contribution in [-0.4, -0.2) is 69.1 Å². The van der Waals surface area contributed by atoms with E-state index < -0.39 is 0 Å². The van der Waals surface area contributed by atoms with Crippen LogP contribution in [0.3, 0.4) is 0 Å². The fourth-order valence-corrected chi connectivity index (χ4v) is 4.21. The van der Waals surface area contributed by atoms with Crippen LogP contribution in [0, 0.1) is 11.2 Å². The molecule has 0 amide bonds. The zero-order chi connectivity index (χ0) is 23.3. The van der Waals surface area contributed by atoms with Crippen LogP contribution >= 0.6 is 0 Å². The van der Waals surface area contributed by atoms with Gasteiger partial charge >= 0.3 is 0 Å². The molecule has 0 unspecified atom stereocenters. The number of rotatable bonds is 6. The van der Waals surface area contributed by atoms with E-state index in [-0.39, 0.29) is 11.2 Å². The molecule has 0 bridgehead atoms. The average molecular weight is 458 g/mol. The van der Waals surface area contributed by atoms with Crippen LogP contribution in [-0.2, 0) is 16.1 Å². The molecule has 1 aromatic carbocycles. The van der Waals surface area contributed by atoms with Gasteiger partial charge in [0.15, 0.2) is 5.82 Å². The summed E-state index contributed by atoms with van der Waals surface area (Å²) in [7, 11) is 0. The quantitative estimate of drug-likeness (QED) is 0.655. The van der Waals surface area contributed by atoms with E-state index in [0.29, 0.717) is 37.7 Å². The molecular weight excluding hydrogens is 421 g/mol. The fourth-order valence-electron chi connectivity index (χ4n) is 4.21. The number of nitrogens with zero attached hydrogens (tertiary/aromatic N) is 5. The number of aromatic nitrogens is 2. The van der Waals surface area contributed by atoms with E-state index in [4.69, 9.17) is 9.47 Å². The Morgan fingerprint density at radius 2 is 1.64 bits per heavy atom. The number of hydrogen-bond donors (Lipinski definition) is 0. The Balaban J connectivity index is 1.37. The summed E-state index contributed by atoms with van der Waals surface area (Å²) < 4.78 is 26.5. The van der Waals surface area contributed by atoms with Gasteiger partial charge in [0.05, 0.1) is 50.2 Å². The minimum absolute atomic E-state index is 0.0619.